The number of hydrogen-bond acceptors (Lipinski definition) is 1. The van der Waals surface area contributed by atoms with Crippen molar-refractivity contribution in [2.45, 2.75) is 6.92 Å². The minimum atomic E-state index is 0.924. The van der Waals surface area contributed by atoms with E-state index in [2.05, 4.69) is 109 Å². The van der Waals surface area contributed by atoms with Crippen molar-refractivity contribution in [3.05, 3.63) is 115 Å². The highest BCUT2D eigenvalue weighted by atomic mass is 16.3. The molecule has 0 saturated carbocycles. The van der Waals surface area contributed by atoms with Gasteiger partial charge in [-0.1, -0.05) is 66.7 Å². The predicted molar refractivity (Wildman–Crippen MR) is 138 cm³/mol. The average molecular weight is 424 g/mol. The highest BCUT2D eigenvalue weighted by Crippen LogP contribution is 2.36. The van der Waals surface area contributed by atoms with Crippen molar-refractivity contribution in [2.75, 3.05) is 0 Å². The van der Waals surface area contributed by atoms with E-state index in [1.807, 2.05) is 12.1 Å². The minimum absolute atomic E-state index is 0.924. The van der Waals surface area contributed by atoms with Crippen LogP contribution in [0.15, 0.2) is 114 Å². The second kappa shape index (κ2) is 6.85. The SMILES string of the molecule is Cc1cccc(-n2c3ccccc3c3ccc(-c4ccc5c(c4)oc4ccccc45)cc32)c1. The molecule has 2 heteroatoms. The second-order valence-electron chi connectivity index (χ2n) is 8.73. The van der Waals surface area contributed by atoms with E-state index < -0.39 is 0 Å². The van der Waals surface area contributed by atoms with Gasteiger partial charge in [0.15, 0.2) is 0 Å². The van der Waals surface area contributed by atoms with E-state index in [1.54, 1.807) is 0 Å². The fraction of sp³-hybridized carbons (Fsp3) is 0.0323. The normalized spacial score (nSPS) is 11.8. The number of aryl methyl sites for hydroxylation is 1. The van der Waals surface area contributed by atoms with Crippen LogP contribution >= 0.6 is 0 Å². The molecule has 2 nitrogen and oxygen atoms in total. The van der Waals surface area contributed by atoms with Crippen molar-refractivity contribution in [2.24, 2.45) is 0 Å². The van der Waals surface area contributed by atoms with E-state index in [9.17, 15) is 0 Å². The summed E-state index contributed by atoms with van der Waals surface area (Å²) in [6.45, 7) is 2.14. The Labute approximate surface area is 191 Å². The van der Waals surface area contributed by atoms with Gasteiger partial charge in [-0.15, -0.1) is 0 Å². The maximum Gasteiger partial charge on any atom is 0.136 e. The highest BCUT2D eigenvalue weighted by molar-refractivity contribution is 6.10. The Kier molecular flexibility index (Phi) is 3.80. The lowest BCUT2D eigenvalue weighted by molar-refractivity contribution is 0.669. The molecule has 2 heterocycles. The number of furan rings is 1. The van der Waals surface area contributed by atoms with Crippen LogP contribution in [0.1, 0.15) is 5.56 Å². The summed E-state index contributed by atoms with van der Waals surface area (Å²) in [6.07, 6.45) is 0. The van der Waals surface area contributed by atoms with E-state index in [1.165, 1.54) is 38.6 Å². The summed E-state index contributed by atoms with van der Waals surface area (Å²) in [4.78, 5) is 0. The molecule has 0 aliphatic heterocycles. The van der Waals surface area contributed by atoms with Crippen LogP contribution in [0.4, 0.5) is 0 Å². The summed E-state index contributed by atoms with van der Waals surface area (Å²) in [5.74, 6) is 0. The second-order valence-corrected chi connectivity index (χ2v) is 8.73. The van der Waals surface area contributed by atoms with E-state index in [4.69, 9.17) is 4.42 Å². The monoisotopic (exact) mass is 423 g/mol. The summed E-state index contributed by atoms with van der Waals surface area (Å²) in [5, 5.41) is 4.85. The van der Waals surface area contributed by atoms with E-state index in [0.29, 0.717) is 0 Å². The number of fused-ring (bicyclic) bond motifs is 6. The maximum absolute atomic E-state index is 6.15. The minimum Gasteiger partial charge on any atom is -0.456 e. The summed E-state index contributed by atoms with van der Waals surface area (Å²) in [7, 11) is 0. The molecular weight excluding hydrogens is 402 g/mol. The third-order valence-electron chi connectivity index (χ3n) is 6.65. The van der Waals surface area contributed by atoms with E-state index >= 15 is 0 Å². The first-order valence-electron chi connectivity index (χ1n) is 11.3. The largest absolute Gasteiger partial charge is 0.456 e. The molecule has 0 fully saturated rings. The molecule has 0 amide bonds. The Hall–Kier alpha value is -4.30. The van der Waals surface area contributed by atoms with Gasteiger partial charge in [0.25, 0.3) is 0 Å². The molecule has 0 aliphatic carbocycles. The van der Waals surface area contributed by atoms with Crippen LogP contribution < -0.4 is 0 Å². The Balaban J connectivity index is 1.49. The number of para-hydroxylation sites is 2. The van der Waals surface area contributed by atoms with Gasteiger partial charge in [-0.25, -0.2) is 0 Å². The summed E-state index contributed by atoms with van der Waals surface area (Å²) < 4.78 is 8.53. The molecule has 0 radical (unpaired) electrons. The van der Waals surface area contributed by atoms with Crippen LogP contribution in [-0.2, 0) is 0 Å². The standard InChI is InChI=1S/C31H21NO/c1-20-7-6-8-23(17-20)32-28-11-4-2-9-24(28)25-15-13-21(18-29(25)32)22-14-16-27-26-10-3-5-12-30(26)33-31(27)19-22/h2-19H,1H3. The molecule has 0 N–H and O–H groups in total. The van der Waals surface area contributed by atoms with Crippen molar-refractivity contribution in [3.63, 3.8) is 0 Å². The molecule has 0 saturated heterocycles. The fourth-order valence-corrected chi connectivity index (χ4v) is 5.10. The third-order valence-corrected chi connectivity index (χ3v) is 6.65. The first-order chi connectivity index (χ1) is 16.3. The van der Waals surface area contributed by atoms with Crippen molar-refractivity contribution in [3.8, 4) is 16.8 Å². The number of hydrogen-bond donors (Lipinski definition) is 0. The van der Waals surface area contributed by atoms with Crippen LogP contribution in [0.3, 0.4) is 0 Å². The van der Waals surface area contributed by atoms with Crippen molar-refractivity contribution in [1.29, 1.82) is 0 Å². The summed E-state index contributed by atoms with van der Waals surface area (Å²) in [6, 6.07) is 38.9. The van der Waals surface area contributed by atoms with Gasteiger partial charge in [0, 0.05) is 27.2 Å². The third kappa shape index (κ3) is 2.74. The van der Waals surface area contributed by atoms with Gasteiger partial charge in [-0.3, -0.25) is 0 Å². The Morgan fingerprint density at radius 1 is 0.515 bits per heavy atom. The molecule has 156 valence electrons. The smallest absolute Gasteiger partial charge is 0.136 e. The molecule has 5 aromatic carbocycles. The molecule has 7 rings (SSSR count). The molecule has 0 spiro atoms. The van der Waals surface area contributed by atoms with Crippen molar-refractivity contribution in [1.82, 2.24) is 4.57 Å². The van der Waals surface area contributed by atoms with Crippen molar-refractivity contribution >= 4 is 43.7 Å². The Morgan fingerprint density at radius 3 is 2.09 bits per heavy atom. The van der Waals surface area contributed by atoms with Gasteiger partial charge in [0.05, 0.1) is 11.0 Å². The Morgan fingerprint density at radius 2 is 1.21 bits per heavy atom. The van der Waals surface area contributed by atoms with Crippen molar-refractivity contribution < 1.29 is 4.42 Å². The zero-order chi connectivity index (χ0) is 21.9. The number of benzene rings is 5. The van der Waals surface area contributed by atoms with Crippen LogP contribution in [0.25, 0.3) is 60.6 Å². The van der Waals surface area contributed by atoms with Gasteiger partial charge in [-0.05, 0) is 66.1 Å². The lowest BCUT2D eigenvalue weighted by atomic mass is 10.0. The molecule has 0 bridgehead atoms. The Bertz CT molecular complexity index is 1830. The first kappa shape index (κ1) is 18.3. The lowest BCUT2D eigenvalue weighted by Gasteiger charge is -2.10. The maximum atomic E-state index is 6.15. The van der Waals surface area contributed by atoms with Crippen LogP contribution in [0, 0.1) is 6.92 Å². The van der Waals surface area contributed by atoms with Gasteiger partial charge < -0.3 is 8.98 Å². The molecule has 33 heavy (non-hydrogen) atoms. The number of aromatic nitrogens is 1. The lowest BCUT2D eigenvalue weighted by Crippen LogP contribution is -1.94. The van der Waals surface area contributed by atoms with Gasteiger partial charge in [0.1, 0.15) is 11.2 Å². The van der Waals surface area contributed by atoms with Gasteiger partial charge in [0.2, 0.25) is 0 Å². The predicted octanol–water partition coefficient (Wildman–Crippen LogP) is 8.66. The average Bonchev–Trinajstić information content (AvgIpc) is 3.38. The zero-order valence-corrected chi connectivity index (χ0v) is 18.2. The molecular formula is C31H21NO. The molecule has 2 aromatic heterocycles. The van der Waals surface area contributed by atoms with Crippen LogP contribution in [-0.4, -0.2) is 4.57 Å². The fourth-order valence-electron chi connectivity index (χ4n) is 5.10. The first-order valence-corrected chi connectivity index (χ1v) is 11.3. The summed E-state index contributed by atoms with van der Waals surface area (Å²) in [5.41, 5.74) is 9.07. The van der Waals surface area contributed by atoms with Crippen LogP contribution in [0.5, 0.6) is 0 Å². The molecule has 7 aromatic rings. The quantitative estimate of drug-likeness (QED) is 0.272. The molecule has 0 atom stereocenters. The topological polar surface area (TPSA) is 18.1 Å². The van der Waals surface area contributed by atoms with Gasteiger partial charge >= 0.3 is 0 Å². The molecule has 0 unspecified atom stereocenters. The summed E-state index contributed by atoms with van der Waals surface area (Å²) >= 11 is 0. The van der Waals surface area contributed by atoms with Gasteiger partial charge in [-0.2, -0.15) is 0 Å². The van der Waals surface area contributed by atoms with E-state index in [0.717, 1.165) is 27.5 Å². The van der Waals surface area contributed by atoms with E-state index in [-0.39, 0.29) is 0 Å². The van der Waals surface area contributed by atoms with Crippen LogP contribution in [0.2, 0.25) is 0 Å². The number of rotatable bonds is 2. The zero-order valence-electron chi connectivity index (χ0n) is 18.2. The highest BCUT2D eigenvalue weighted by Gasteiger charge is 2.14. The number of nitrogens with zero attached hydrogens (tertiary/aromatic N) is 1. The molecule has 0 aliphatic rings.